The SMILES string of the molecule is CCCCCCCCC/C=C/CC/C=C/C(O)C(COC1OC(CO)C(O)C(O)C1O)NC(=O)C(O)CCCCCCCCCCCCCCCCC/C=C\CCCCCCCCCCCCCC. The highest BCUT2D eigenvalue weighted by molar-refractivity contribution is 5.80. The first kappa shape index (κ1) is 65.4. The summed E-state index contributed by atoms with van der Waals surface area (Å²) < 4.78 is 11.2. The Balaban J connectivity index is 2.17. The number of aliphatic hydroxyl groups excluding tert-OH is 6. The molecule has 1 saturated heterocycles. The number of aliphatic hydroxyl groups is 6. The number of carbonyl (C=O) groups excluding carboxylic acids is 1. The van der Waals surface area contributed by atoms with E-state index in [0.29, 0.717) is 19.3 Å². The third-order valence-electron chi connectivity index (χ3n) is 14.0. The minimum absolute atomic E-state index is 0.305. The standard InChI is InChI=1S/C59H111NO9/c1-3-5-7-9-11-13-15-17-18-19-20-21-22-23-24-25-26-27-28-29-30-31-32-33-34-36-38-40-42-44-46-48-53(63)58(67)60-51(50-68-59-57(66)56(65)55(64)54(49-61)69-59)52(62)47-45-43-41-39-37-35-16-14-12-10-8-6-4-2/h23-24,37,39,45,47,51-57,59,61-66H,3-22,25-36,38,40-44,46,48-50H2,1-2H3,(H,60,67)/b24-23-,39-37+,47-45+. The Morgan fingerprint density at radius 3 is 1.26 bits per heavy atom. The molecule has 0 aromatic heterocycles. The van der Waals surface area contributed by atoms with E-state index >= 15 is 0 Å². The van der Waals surface area contributed by atoms with Crippen LogP contribution < -0.4 is 5.32 Å². The Hall–Kier alpha value is -1.63. The Kier molecular flexibility index (Phi) is 46.1. The molecule has 7 N–H and O–H groups in total. The normalized spacial score (nSPS) is 20.1. The van der Waals surface area contributed by atoms with Crippen LogP contribution in [0.5, 0.6) is 0 Å². The van der Waals surface area contributed by atoms with E-state index in [1.54, 1.807) is 6.08 Å². The highest BCUT2D eigenvalue weighted by Gasteiger charge is 2.44. The summed E-state index contributed by atoms with van der Waals surface area (Å²) in [4.78, 5) is 13.1. The average molecular weight is 979 g/mol. The maximum absolute atomic E-state index is 13.1. The van der Waals surface area contributed by atoms with Crippen LogP contribution in [0.1, 0.15) is 271 Å². The van der Waals surface area contributed by atoms with E-state index in [0.717, 1.165) is 32.1 Å². The molecule has 8 atom stereocenters. The number of nitrogens with one attached hydrogen (secondary N) is 1. The molecule has 0 spiro atoms. The first-order valence-electron chi connectivity index (χ1n) is 29.3. The minimum Gasteiger partial charge on any atom is -0.394 e. The molecule has 1 aliphatic rings. The van der Waals surface area contributed by atoms with Crippen molar-refractivity contribution in [1.82, 2.24) is 5.32 Å². The highest BCUT2D eigenvalue weighted by Crippen LogP contribution is 2.23. The van der Waals surface area contributed by atoms with Gasteiger partial charge in [-0.25, -0.2) is 0 Å². The molecule has 406 valence electrons. The van der Waals surface area contributed by atoms with E-state index in [-0.39, 0.29) is 6.61 Å². The zero-order chi connectivity index (χ0) is 50.3. The largest absolute Gasteiger partial charge is 0.394 e. The second-order valence-electron chi connectivity index (χ2n) is 20.6. The molecule has 0 saturated carbocycles. The van der Waals surface area contributed by atoms with E-state index < -0.39 is 61.5 Å². The topological polar surface area (TPSA) is 169 Å². The van der Waals surface area contributed by atoms with E-state index in [2.05, 4.69) is 43.5 Å². The molecule has 1 amide bonds. The summed E-state index contributed by atoms with van der Waals surface area (Å²) in [7, 11) is 0. The summed E-state index contributed by atoms with van der Waals surface area (Å²) in [5.74, 6) is -0.624. The zero-order valence-electron chi connectivity index (χ0n) is 44.7. The maximum atomic E-state index is 13.1. The smallest absolute Gasteiger partial charge is 0.249 e. The van der Waals surface area contributed by atoms with Crippen molar-refractivity contribution in [2.45, 2.75) is 320 Å². The quantitative estimate of drug-likeness (QED) is 0.0232. The molecule has 1 heterocycles. The van der Waals surface area contributed by atoms with Gasteiger partial charge in [-0.1, -0.05) is 249 Å². The lowest BCUT2D eigenvalue weighted by Gasteiger charge is -2.40. The average Bonchev–Trinajstić information content (AvgIpc) is 3.35. The van der Waals surface area contributed by atoms with Crippen LogP contribution in [-0.4, -0.2) is 98.7 Å². The van der Waals surface area contributed by atoms with E-state index in [9.17, 15) is 35.4 Å². The highest BCUT2D eigenvalue weighted by atomic mass is 16.7. The summed E-state index contributed by atoms with van der Waals surface area (Å²) in [5.41, 5.74) is 0. The van der Waals surface area contributed by atoms with Gasteiger partial charge < -0.3 is 45.4 Å². The van der Waals surface area contributed by atoms with Gasteiger partial charge in [0.15, 0.2) is 6.29 Å². The molecule has 69 heavy (non-hydrogen) atoms. The third kappa shape index (κ3) is 37.7. The Bertz CT molecular complexity index is 1200. The predicted octanol–water partition coefficient (Wildman–Crippen LogP) is 13.3. The van der Waals surface area contributed by atoms with Crippen LogP contribution in [0.4, 0.5) is 0 Å². The van der Waals surface area contributed by atoms with Gasteiger partial charge in [0.05, 0.1) is 25.4 Å². The molecule has 8 unspecified atom stereocenters. The van der Waals surface area contributed by atoms with E-state index in [4.69, 9.17) is 9.47 Å². The van der Waals surface area contributed by atoms with Crippen LogP contribution in [-0.2, 0) is 14.3 Å². The first-order chi connectivity index (χ1) is 33.8. The molecule has 10 nitrogen and oxygen atoms in total. The number of allylic oxidation sites excluding steroid dienone is 5. The number of rotatable bonds is 50. The van der Waals surface area contributed by atoms with Gasteiger partial charge >= 0.3 is 0 Å². The summed E-state index contributed by atoms with van der Waals surface area (Å²) >= 11 is 0. The molecule has 1 aliphatic heterocycles. The minimum atomic E-state index is -1.61. The Labute approximate surface area is 424 Å². The van der Waals surface area contributed by atoms with Crippen LogP contribution in [0.15, 0.2) is 36.5 Å². The number of unbranched alkanes of at least 4 members (excludes halogenated alkanes) is 35. The number of amides is 1. The summed E-state index contributed by atoms with van der Waals surface area (Å²) in [6.45, 7) is 3.60. The number of hydrogen-bond donors (Lipinski definition) is 7. The monoisotopic (exact) mass is 978 g/mol. The Morgan fingerprint density at radius 2 is 0.855 bits per heavy atom. The van der Waals surface area contributed by atoms with Gasteiger partial charge in [0.2, 0.25) is 5.91 Å². The summed E-state index contributed by atoms with van der Waals surface area (Å²) in [6, 6.07) is -0.996. The summed E-state index contributed by atoms with van der Waals surface area (Å²) in [6.07, 6.45) is 52.7. The molecular formula is C59H111NO9. The van der Waals surface area contributed by atoms with Gasteiger partial charge in [0, 0.05) is 0 Å². The fraction of sp³-hybridized carbons (Fsp3) is 0.881. The van der Waals surface area contributed by atoms with Gasteiger partial charge in [-0.3, -0.25) is 4.79 Å². The van der Waals surface area contributed by atoms with Crippen molar-refractivity contribution in [3.63, 3.8) is 0 Å². The van der Waals surface area contributed by atoms with Gasteiger partial charge in [0.1, 0.15) is 30.5 Å². The zero-order valence-corrected chi connectivity index (χ0v) is 44.7. The maximum Gasteiger partial charge on any atom is 0.249 e. The molecule has 10 heteroatoms. The van der Waals surface area contributed by atoms with Gasteiger partial charge in [0.25, 0.3) is 0 Å². The van der Waals surface area contributed by atoms with Gasteiger partial charge in [-0.2, -0.15) is 0 Å². The predicted molar refractivity (Wildman–Crippen MR) is 287 cm³/mol. The number of carbonyl (C=O) groups is 1. The van der Waals surface area contributed by atoms with Crippen molar-refractivity contribution in [2.75, 3.05) is 13.2 Å². The molecule has 0 aliphatic carbocycles. The molecule has 1 rings (SSSR count). The van der Waals surface area contributed by atoms with Crippen molar-refractivity contribution in [1.29, 1.82) is 0 Å². The molecule has 0 bridgehead atoms. The molecule has 0 aromatic rings. The Morgan fingerprint density at radius 1 is 0.493 bits per heavy atom. The summed E-state index contributed by atoms with van der Waals surface area (Å²) in [5, 5.41) is 64.9. The lowest BCUT2D eigenvalue weighted by Crippen LogP contribution is -2.60. The van der Waals surface area contributed by atoms with Crippen molar-refractivity contribution < 1.29 is 44.9 Å². The van der Waals surface area contributed by atoms with Crippen LogP contribution in [0, 0.1) is 0 Å². The lowest BCUT2D eigenvalue weighted by molar-refractivity contribution is -0.302. The third-order valence-corrected chi connectivity index (χ3v) is 14.0. The van der Waals surface area contributed by atoms with Crippen molar-refractivity contribution in [3.05, 3.63) is 36.5 Å². The van der Waals surface area contributed by atoms with E-state index in [1.165, 1.54) is 205 Å². The lowest BCUT2D eigenvalue weighted by atomic mass is 9.99. The van der Waals surface area contributed by atoms with Crippen LogP contribution in [0.2, 0.25) is 0 Å². The fourth-order valence-electron chi connectivity index (χ4n) is 9.29. The van der Waals surface area contributed by atoms with E-state index in [1.807, 2.05) is 6.08 Å². The second kappa shape index (κ2) is 48.6. The molecule has 0 aromatic carbocycles. The second-order valence-corrected chi connectivity index (χ2v) is 20.6. The van der Waals surface area contributed by atoms with Gasteiger partial charge in [-0.15, -0.1) is 0 Å². The molecule has 1 fully saturated rings. The van der Waals surface area contributed by atoms with Crippen molar-refractivity contribution in [3.8, 4) is 0 Å². The van der Waals surface area contributed by atoms with Crippen LogP contribution >= 0.6 is 0 Å². The molecule has 0 radical (unpaired) electrons. The van der Waals surface area contributed by atoms with Gasteiger partial charge in [-0.05, 0) is 57.8 Å². The van der Waals surface area contributed by atoms with Crippen LogP contribution in [0.3, 0.4) is 0 Å². The fourth-order valence-corrected chi connectivity index (χ4v) is 9.29. The van der Waals surface area contributed by atoms with Crippen molar-refractivity contribution >= 4 is 5.91 Å². The molecular weight excluding hydrogens is 867 g/mol. The first-order valence-corrected chi connectivity index (χ1v) is 29.3. The van der Waals surface area contributed by atoms with Crippen molar-refractivity contribution in [2.24, 2.45) is 0 Å². The van der Waals surface area contributed by atoms with Crippen LogP contribution in [0.25, 0.3) is 0 Å². The number of ether oxygens (including phenoxy) is 2. The number of hydrogen-bond acceptors (Lipinski definition) is 9.